The highest BCUT2D eigenvalue weighted by molar-refractivity contribution is 14.1. The molecule has 98 valence electrons. The molecule has 0 bridgehead atoms. The van der Waals surface area contributed by atoms with Crippen LogP contribution in [0.25, 0.3) is 0 Å². The molecule has 0 fully saturated rings. The summed E-state index contributed by atoms with van der Waals surface area (Å²) in [5.41, 5.74) is 0.00642. The number of non-ortho nitro benzene ring substituents is 1. The third-order valence-electron chi connectivity index (χ3n) is 2.29. The molecule has 6 nitrogen and oxygen atoms in total. The van der Waals surface area contributed by atoms with Gasteiger partial charge in [-0.3, -0.25) is 14.9 Å². The molecule has 1 rings (SSSR count). The average Bonchev–Trinajstić information content (AvgIpc) is 2.37. The first-order valence-electron chi connectivity index (χ1n) is 4.94. The largest absolute Gasteiger partial charge is 0.292 e. The summed E-state index contributed by atoms with van der Waals surface area (Å²) in [5.74, 6) is -0.688. The zero-order valence-corrected chi connectivity index (χ0v) is 12.3. The van der Waals surface area contributed by atoms with Gasteiger partial charge in [0.05, 0.1) is 4.92 Å². The Kier molecular flexibility index (Phi) is 4.79. The second-order valence-electron chi connectivity index (χ2n) is 3.44. The maximum absolute atomic E-state index is 11.9. The summed E-state index contributed by atoms with van der Waals surface area (Å²) in [6.07, 6.45) is 0. The third-order valence-corrected chi connectivity index (χ3v) is 6.83. The lowest BCUT2D eigenvalue weighted by Crippen LogP contribution is -2.25. The zero-order chi connectivity index (χ0) is 13.9. The molecule has 1 aromatic carbocycles. The number of carbonyl (C=O) groups is 1. The minimum atomic E-state index is -3.47. The van der Waals surface area contributed by atoms with Crippen molar-refractivity contribution < 1.29 is 18.1 Å². The molecule has 0 heterocycles. The predicted octanol–water partition coefficient (Wildman–Crippen LogP) is 1.97. The van der Waals surface area contributed by atoms with Gasteiger partial charge in [0.15, 0.2) is 18.9 Å². The van der Waals surface area contributed by atoms with E-state index < -0.39 is 23.8 Å². The van der Waals surface area contributed by atoms with E-state index >= 15 is 0 Å². The van der Waals surface area contributed by atoms with Crippen molar-refractivity contribution in [2.45, 2.75) is 10.2 Å². The number of halogens is 1. The molecule has 0 aliphatic heterocycles. The fourth-order valence-electron chi connectivity index (χ4n) is 1.19. The van der Waals surface area contributed by atoms with E-state index in [1.54, 1.807) is 22.6 Å². The first-order chi connectivity index (χ1) is 8.29. The van der Waals surface area contributed by atoms with E-state index in [1.165, 1.54) is 31.2 Å². The standard InChI is InChI=1S/C10H10INO5S/c1-2-18(16,17)10(11)9(13)7-3-5-8(6-4-7)12(14)15/h3-6,10H,2H2,1H3/t10-/m0/s1. The van der Waals surface area contributed by atoms with Gasteiger partial charge >= 0.3 is 0 Å². The summed E-state index contributed by atoms with van der Waals surface area (Å²) in [7, 11) is -3.47. The Balaban J connectivity index is 3.02. The van der Waals surface area contributed by atoms with Crippen LogP contribution in [0.1, 0.15) is 17.3 Å². The normalized spacial score (nSPS) is 13.0. The van der Waals surface area contributed by atoms with Gasteiger partial charge in [0.2, 0.25) is 0 Å². The molecular formula is C10H10INO5S. The van der Waals surface area contributed by atoms with Gasteiger partial charge in [0, 0.05) is 23.4 Å². The van der Waals surface area contributed by atoms with Gasteiger partial charge in [0.1, 0.15) is 0 Å². The number of alkyl halides is 1. The van der Waals surface area contributed by atoms with Gasteiger partial charge in [-0.2, -0.15) is 0 Å². The summed E-state index contributed by atoms with van der Waals surface area (Å²) in [5, 5.41) is 10.4. The maximum atomic E-state index is 11.9. The molecule has 0 unspecified atom stereocenters. The lowest BCUT2D eigenvalue weighted by molar-refractivity contribution is -0.384. The lowest BCUT2D eigenvalue weighted by Gasteiger charge is -2.08. The number of ketones is 1. The highest BCUT2D eigenvalue weighted by Crippen LogP contribution is 2.19. The van der Waals surface area contributed by atoms with Crippen LogP contribution in [-0.2, 0) is 9.84 Å². The van der Waals surface area contributed by atoms with E-state index in [4.69, 9.17) is 0 Å². The molecule has 0 radical (unpaired) electrons. The quantitative estimate of drug-likeness (QED) is 0.255. The van der Waals surface area contributed by atoms with Crippen molar-refractivity contribution in [1.82, 2.24) is 0 Å². The second kappa shape index (κ2) is 5.74. The van der Waals surface area contributed by atoms with Gasteiger partial charge in [-0.05, 0) is 12.1 Å². The van der Waals surface area contributed by atoms with Crippen molar-refractivity contribution in [1.29, 1.82) is 0 Å². The predicted molar refractivity (Wildman–Crippen MR) is 74.7 cm³/mol. The Bertz CT molecular complexity index is 566. The number of hydrogen-bond donors (Lipinski definition) is 0. The number of nitrogens with zero attached hydrogens (tertiary/aromatic N) is 1. The summed E-state index contributed by atoms with van der Waals surface area (Å²) >= 11 is 1.56. The zero-order valence-electron chi connectivity index (χ0n) is 9.37. The monoisotopic (exact) mass is 383 g/mol. The van der Waals surface area contributed by atoms with Crippen molar-refractivity contribution in [3.8, 4) is 0 Å². The van der Waals surface area contributed by atoms with E-state index in [9.17, 15) is 23.3 Å². The Morgan fingerprint density at radius 2 is 1.89 bits per heavy atom. The van der Waals surface area contributed by atoms with Gasteiger partial charge in [-0.1, -0.05) is 29.5 Å². The molecule has 8 heteroatoms. The van der Waals surface area contributed by atoms with Crippen LogP contribution in [0.2, 0.25) is 0 Å². The van der Waals surface area contributed by atoms with Crippen LogP contribution in [0.15, 0.2) is 24.3 Å². The second-order valence-corrected chi connectivity index (χ2v) is 7.90. The first-order valence-corrected chi connectivity index (χ1v) is 7.90. The van der Waals surface area contributed by atoms with E-state index in [1.807, 2.05) is 0 Å². The molecule has 1 aromatic rings. The van der Waals surface area contributed by atoms with Gasteiger partial charge in [-0.15, -0.1) is 0 Å². The molecule has 18 heavy (non-hydrogen) atoms. The van der Waals surface area contributed by atoms with E-state index in [0.29, 0.717) is 0 Å². The summed E-state index contributed by atoms with van der Waals surface area (Å²) < 4.78 is 21.9. The van der Waals surface area contributed by atoms with Gasteiger partial charge < -0.3 is 0 Å². The number of nitro benzene ring substituents is 1. The van der Waals surface area contributed by atoms with Crippen LogP contribution in [0.5, 0.6) is 0 Å². The number of rotatable bonds is 5. The molecule has 0 saturated carbocycles. The molecule has 0 aliphatic carbocycles. The number of nitro groups is 1. The topological polar surface area (TPSA) is 94.3 Å². The molecule has 0 spiro atoms. The van der Waals surface area contributed by atoms with Crippen molar-refractivity contribution in [3.63, 3.8) is 0 Å². The molecule has 1 atom stereocenters. The van der Waals surface area contributed by atoms with Crippen LogP contribution < -0.4 is 0 Å². The fraction of sp³-hybridized carbons (Fsp3) is 0.300. The highest BCUT2D eigenvalue weighted by atomic mass is 127. The highest BCUT2D eigenvalue weighted by Gasteiger charge is 2.29. The molecule has 0 N–H and O–H groups in total. The maximum Gasteiger partial charge on any atom is 0.269 e. The number of carbonyl (C=O) groups excluding carboxylic acids is 1. The first kappa shape index (κ1) is 15.0. The fourth-order valence-corrected chi connectivity index (χ4v) is 3.38. The van der Waals surface area contributed by atoms with Crippen molar-refractivity contribution in [2.75, 3.05) is 5.75 Å². The number of sulfone groups is 1. The van der Waals surface area contributed by atoms with E-state index in [-0.39, 0.29) is 17.0 Å². The number of hydrogen-bond acceptors (Lipinski definition) is 5. The Morgan fingerprint density at radius 3 is 2.28 bits per heavy atom. The van der Waals surface area contributed by atoms with Gasteiger partial charge in [0.25, 0.3) is 5.69 Å². The minimum absolute atomic E-state index is 0.126. The average molecular weight is 383 g/mol. The van der Waals surface area contributed by atoms with E-state index in [2.05, 4.69) is 0 Å². The SMILES string of the molecule is CCS(=O)(=O)[C@H](I)C(=O)c1ccc([N+](=O)[O-])cc1. The molecular weight excluding hydrogens is 373 g/mol. The third kappa shape index (κ3) is 3.25. The Hall–Kier alpha value is -1.03. The van der Waals surface area contributed by atoms with Crippen LogP contribution in [0, 0.1) is 10.1 Å². The minimum Gasteiger partial charge on any atom is -0.292 e. The number of Topliss-reactive ketones (excluding diaryl/α,β-unsaturated/α-hetero) is 1. The molecule has 0 aliphatic rings. The summed E-state index contributed by atoms with van der Waals surface area (Å²) in [6.45, 7) is 1.46. The van der Waals surface area contributed by atoms with Crippen molar-refractivity contribution in [3.05, 3.63) is 39.9 Å². The molecule has 0 saturated heterocycles. The van der Waals surface area contributed by atoms with E-state index in [0.717, 1.165) is 0 Å². The van der Waals surface area contributed by atoms with Crippen LogP contribution in [0.3, 0.4) is 0 Å². The van der Waals surface area contributed by atoms with Crippen LogP contribution >= 0.6 is 22.6 Å². The van der Waals surface area contributed by atoms with Crippen molar-refractivity contribution in [2.24, 2.45) is 0 Å². The molecule has 0 amide bonds. The van der Waals surface area contributed by atoms with Crippen LogP contribution in [-0.4, -0.2) is 28.1 Å². The van der Waals surface area contributed by atoms with Crippen molar-refractivity contribution >= 4 is 43.9 Å². The summed E-state index contributed by atoms with van der Waals surface area (Å²) in [4.78, 5) is 21.7. The Morgan fingerprint density at radius 1 is 1.39 bits per heavy atom. The number of benzene rings is 1. The lowest BCUT2D eigenvalue weighted by atomic mass is 10.1. The smallest absolute Gasteiger partial charge is 0.269 e. The van der Waals surface area contributed by atoms with Crippen LogP contribution in [0.4, 0.5) is 5.69 Å². The Labute approximate surface area is 118 Å². The molecule has 0 aromatic heterocycles. The van der Waals surface area contributed by atoms with Gasteiger partial charge in [-0.25, -0.2) is 8.42 Å². The summed E-state index contributed by atoms with van der Waals surface area (Å²) in [6, 6.07) is 4.87.